The van der Waals surface area contributed by atoms with E-state index in [-0.39, 0.29) is 0 Å². The third kappa shape index (κ3) is 3.00. The second-order valence-corrected chi connectivity index (χ2v) is 4.89. The molecule has 1 aromatic carbocycles. The van der Waals surface area contributed by atoms with Crippen molar-refractivity contribution in [1.29, 1.82) is 0 Å². The summed E-state index contributed by atoms with van der Waals surface area (Å²) in [6, 6.07) is 7.85. The van der Waals surface area contributed by atoms with Crippen LogP contribution < -0.4 is 4.74 Å². The average Bonchev–Trinajstić information content (AvgIpc) is 2.41. The number of allylic oxidation sites excluding steroid dienone is 1. The summed E-state index contributed by atoms with van der Waals surface area (Å²) in [5.41, 5.74) is 2.02. The van der Waals surface area contributed by atoms with Crippen LogP contribution in [-0.2, 0) is 4.79 Å². The SMILES string of the molecule is CCC1CCC(=O)/C(=C\c2cccc(OC)c2)C1. The number of carbonyl (C=O) groups is 1. The molecule has 0 aromatic heterocycles. The monoisotopic (exact) mass is 244 g/mol. The Kier molecular flexibility index (Phi) is 4.19. The summed E-state index contributed by atoms with van der Waals surface area (Å²) in [6.45, 7) is 2.20. The summed E-state index contributed by atoms with van der Waals surface area (Å²) < 4.78 is 5.20. The first-order valence-electron chi connectivity index (χ1n) is 6.60. The third-order valence-electron chi connectivity index (χ3n) is 3.66. The zero-order valence-corrected chi connectivity index (χ0v) is 11.1. The maximum absolute atomic E-state index is 11.9. The van der Waals surface area contributed by atoms with Gasteiger partial charge in [-0.3, -0.25) is 4.79 Å². The largest absolute Gasteiger partial charge is 0.497 e. The highest BCUT2D eigenvalue weighted by Gasteiger charge is 2.21. The van der Waals surface area contributed by atoms with Gasteiger partial charge in [0.2, 0.25) is 0 Å². The van der Waals surface area contributed by atoms with E-state index in [0.717, 1.165) is 36.1 Å². The van der Waals surface area contributed by atoms with Gasteiger partial charge in [0.15, 0.2) is 5.78 Å². The van der Waals surface area contributed by atoms with Gasteiger partial charge in [0, 0.05) is 6.42 Å². The van der Waals surface area contributed by atoms with Gasteiger partial charge in [0.05, 0.1) is 7.11 Å². The second-order valence-electron chi connectivity index (χ2n) is 4.89. The Bertz CT molecular complexity index is 460. The van der Waals surface area contributed by atoms with Crippen molar-refractivity contribution in [3.63, 3.8) is 0 Å². The number of ether oxygens (including phenoxy) is 1. The Balaban J connectivity index is 2.21. The molecule has 1 aliphatic carbocycles. The van der Waals surface area contributed by atoms with Crippen LogP contribution in [0.15, 0.2) is 29.8 Å². The summed E-state index contributed by atoms with van der Waals surface area (Å²) in [5, 5.41) is 0. The number of hydrogen-bond donors (Lipinski definition) is 0. The number of rotatable bonds is 3. The van der Waals surface area contributed by atoms with Crippen molar-refractivity contribution in [1.82, 2.24) is 0 Å². The average molecular weight is 244 g/mol. The molecule has 1 fully saturated rings. The molecule has 1 aliphatic rings. The Hall–Kier alpha value is -1.57. The highest BCUT2D eigenvalue weighted by atomic mass is 16.5. The molecule has 0 aliphatic heterocycles. The lowest BCUT2D eigenvalue weighted by Gasteiger charge is -2.21. The molecule has 1 saturated carbocycles. The maximum Gasteiger partial charge on any atom is 0.158 e. The van der Waals surface area contributed by atoms with E-state index in [1.807, 2.05) is 30.3 Å². The normalized spacial score (nSPS) is 22.2. The van der Waals surface area contributed by atoms with E-state index in [0.29, 0.717) is 18.1 Å². The fourth-order valence-corrected chi connectivity index (χ4v) is 2.44. The van der Waals surface area contributed by atoms with E-state index >= 15 is 0 Å². The van der Waals surface area contributed by atoms with Gasteiger partial charge >= 0.3 is 0 Å². The molecule has 0 heterocycles. The molecule has 2 heteroatoms. The van der Waals surface area contributed by atoms with E-state index in [4.69, 9.17) is 4.74 Å². The van der Waals surface area contributed by atoms with Gasteiger partial charge in [-0.2, -0.15) is 0 Å². The minimum absolute atomic E-state index is 0.308. The highest BCUT2D eigenvalue weighted by Crippen LogP contribution is 2.29. The van der Waals surface area contributed by atoms with Gasteiger partial charge in [-0.25, -0.2) is 0 Å². The minimum atomic E-state index is 0.308. The number of hydrogen-bond acceptors (Lipinski definition) is 2. The molecule has 1 unspecified atom stereocenters. The van der Waals surface area contributed by atoms with Crippen LogP contribution in [0.3, 0.4) is 0 Å². The molecule has 1 atom stereocenters. The molecule has 0 spiro atoms. The fourth-order valence-electron chi connectivity index (χ4n) is 2.44. The van der Waals surface area contributed by atoms with Crippen LogP contribution in [0.1, 0.15) is 38.2 Å². The summed E-state index contributed by atoms with van der Waals surface area (Å²) >= 11 is 0. The van der Waals surface area contributed by atoms with Crippen molar-refractivity contribution in [3.8, 4) is 5.75 Å². The van der Waals surface area contributed by atoms with Gasteiger partial charge in [0.1, 0.15) is 5.75 Å². The smallest absolute Gasteiger partial charge is 0.158 e. The third-order valence-corrected chi connectivity index (χ3v) is 3.66. The van der Waals surface area contributed by atoms with E-state index in [9.17, 15) is 4.79 Å². The molecule has 0 saturated heterocycles. The van der Waals surface area contributed by atoms with Gasteiger partial charge < -0.3 is 4.74 Å². The first-order chi connectivity index (χ1) is 8.72. The van der Waals surface area contributed by atoms with Crippen LogP contribution in [0.5, 0.6) is 5.75 Å². The molecular weight excluding hydrogens is 224 g/mol. The van der Waals surface area contributed by atoms with Crippen LogP contribution in [0, 0.1) is 5.92 Å². The van der Waals surface area contributed by atoms with Crippen molar-refractivity contribution < 1.29 is 9.53 Å². The fraction of sp³-hybridized carbons (Fsp3) is 0.438. The van der Waals surface area contributed by atoms with Crippen molar-refractivity contribution in [2.24, 2.45) is 5.92 Å². The van der Waals surface area contributed by atoms with Crippen LogP contribution >= 0.6 is 0 Å². The van der Waals surface area contributed by atoms with Gasteiger partial charge in [-0.1, -0.05) is 25.5 Å². The molecular formula is C16H20O2. The van der Waals surface area contributed by atoms with Gasteiger partial charge in [-0.05, 0) is 48.1 Å². The standard InChI is InChI=1S/C16H20O2/c1-3-12-7-8-16(17)14(9-12)10-13-5-4-6-15(11-13)18-2/h4-6,10-12H,3,7-9H2,1-2H3/b14-10-. The first kappa shape index (κ1) is 12.9. The van der Waals surface area contributed by atoms with Crippen molar-refractivity contribution >= 4 is 11.9 Å². The Morgan fingerprint density at radius 3 is 3.00 bits per heavy atom. The lowest BCUT2D eigenvalue weighted by atomic mass is 9.82. The predicted molar refractivity (Wildman–Crippen MR) is 73.6 cm³/mol. The second kappa shape index (κ2) is 5.85. The van der Waals surface area contributed by atoms with E-state index in [1.54, 1.807) is 7.11 Å². The highest BCUT2D eigenvalue weighted by molar-refractivity contribution is 6.00. The Morgan fingerprint density at radius 2 is 2.28 bits per heavy atom. The van der Waals surface area contributed by atoms with Crippen molar-refractivity contribution in [2.45, 2.75) is 32.6 Å². The number of ketones is 1. The predicted octanol–water partition coefficient (Wildman–Crippen LogP) is 3.86. The Morgan fingerprint density at radius 1 is 1.44 bits per heavy atom. The molecule has 1 aromatic rings. The number of benzene rings is 1. The number of carbonyl (C=O) groups excluding carboxylic acids is 1. The van der Waals surface area contributed by atoms with Crippen molar-refractivity contribution in [3.05, 3.63) is 35.4 Å². The zero-order valence-electron chi connectivity index (χ0n) is 11.1. The minimum Gasteiger partial charge on any atom is -0.497 e. The molecule has 0 bridgehead atoms. The molecule has 2 rings (SSSR count). The molecule has 18 heavy (non-hydrogen) atoms. The lowest BCUT2D eigenvalue weighted by molar-refractivity contribution is -0.116. The number of methoxy groups -OCH3 is 1. The van der Waals surface area contributed by atoms with E-state index in [2.05, 4.69) is 6.92 Å². The molecule has 96 valence electrons. The van der Waals surface area contributed by atoms with Crippen LogP contribution in [-0.4, -0.2) is 12.9 Å². The van der Waals surface area contributed by atoms with Gasteiger partial charge in [0.25, 0.3) is 0 Å². The summed E-state index contributed by atoms with van der Waals surface area (Å²) in [4.78, 5) is 11.9. The zero-order chi connectivity index (χ0) is 13.0. The summed E-state index contributed by atoms with van der Waals surface area (Å²) in [7, 11) is 1.66. The van der Waals surface area contributed by atoms with Crippen molar-refractivity contribution in [2.75, 3.05) is 7.11 Å². The van der Waals surface area contributed by atoms with Crippen LogP contribution in [0.2, 0.25) is 0 Å². The summed E-state index contributed by atoms with van der Waals surface area (Å²) in [5.74, 6) is 1.81. The molecule has 0 radical (unpaired) electrons. The maximum atomic E-state index is 11.9. The molecule has 2 nitrogen and oxygen atoms in total. The van der Waals surface area contributed by atoms with Gasteiger partial charge in [-0.15, -0.1) is 0 Å². The lowest BCUT2D eigenvalue weighted by Crippen LogP contribution is -2.16. The first-order valence-corrected chi connectivity index (χ1v) is 6.60. The summed E-state index contributed by atoms with van der Waals surface area (Å²) in [6.07, 6.45) is 5.85. The van der Waals surface area contributed by atoms with Crippen LogP contribution in [0.4, 0.5) is 0 Å². The van der Waals surface area contributed by atoms with E-state index in [1.165, 1.54) is 0 Å². The number of Topliss-reactive ketones (excluding diaryl/α,β-unsaturated/α-hetero) is 1. The topological polar surface area (TPSA) is 26.3 Å². The molecule has 0 N–H and O–H groups in total. The quantitative estimate of drug-likeness (QED) is 0.755. The van der Waals surface area contributed by atoms with E-state index < -0.39 is 0 Å². The molecule has 0 amide bonds. The van der Waals surface area contributed by atoms with Crippen LogP contribution in [0.25, 0.3) is 6.08 Å². The Labute approximate surface area is 109 Å².